The van der Waals surface area contributed by atoms with Gasteiger partial charge in [0.2, 0.25) is 0 Å². The van der Waals surface area contributed by atoms with Gasteiger partial charge in [-0.3, -0.25) is 0 Å². The van der Waals surface area contributed by atoms with E-state index >= 15 is 0 Å². The third-order valence-electron chi connectivity index (χ3n) is 11.4. The molecule has 1 saturated heterocycles. The molecule has 0 aliphatic carbocycles. The highest BCUT2D eigenvalue weighted by Gasteiger charge is 2.50. The van der Waals surface area contributed by atoms with Crippen LogP contribution in [0.15, 0.2) is 30.9 Å². The van der Waals surface area contributed by atoms with E-state index in [9.17, 15) is 5.11 Å². The molecule has 0 aromatic heterocycles. The van der Waals surface area contributed by atoms with Crippen LogP contribution in [0.5, 0.6) is 11.5 Å². The highest BCUT2D eigenvalue weighted by Crippen LogP contribution is 2.44. The Bertz CT molecular complexity index is 1160. The van der Waals surface area contributed by atoms with Crippen LogP contribution in [0.4, 0.5) is 0 Å². The van der Waals surface area contributed by atoms with Crippen molar-refractivity contribution in [2.75, 3.05) is 42.3 Å². The highest BCUT2D eigenvalue weighted by molar-refractivity contribution is 6.74. The fourth-order valence-electron chi connectivity index (χ4n) is 6.86. The minimum atomic E-state index is -2.39. The van der Waals surface area contributed by atoms with Crippen LogP contribution in [-0.2, 0) is 39.5 Å². The summed E-state index contributed by atoms with van der Waals surface area (Å²) in [6, 6.07) is 5.74. The number of benzene rings is 1. The van der Waals surface area contributed by atoms with E-state index in [2.05, 4.69) is 61.2 Å². The summed E-state index contributed by atoms with van der Waals surface area (Å²) < 4.78 is 54.1. The van der Waals surface area contributed by atoms with Gasteiger partial charge in [0.05, 0.1) is 45.2 Å². The van der Waals surface area contributed by atoms with Gasteiger partial charge in [0.1, 0.15) is 6.79 Å². The Hall–Kier alpha value is -1.54. The third-order valence-corrected chi connectivity index (χ3v) is 15.9. The quantitative estimate of drug-likeness (QED) is 0.0482. The predicted octanol–water partition coefficient (Wildman–Crippen LogP) is 8.36. The second-order valence-electron chi connectivity index (χ2n) is 16.0. The predicted molar refractivity (Wildman–Crippen MR) is 205 cm³/mol. The van der Waals surface area contributed by atoms with Crippen LogP contribution in [0, 0.1) is 23.7 Å². The molecule has 0 bridgehead atoms. The van der Waals surface area contributed by atoms with Crippen LogP contribution in [0.2, 0.25) is 18.1 Å². The van der Waals surface area contributed by atoms with Crippen LogP contribution in [-0.4, -0.2) is 92.3 Å². The zero-order valence-corrected chi connectivity index (χ0v) is 35.3. The zero-order chi connectivity index (χ0) is 38.6. The lowest BCUT2D eigenvalue weighted by molar-refractivity contribution is -0.228. The lowest BCUT2D eigenvalue weighted by Crippen LogP contribution is -2.56. The first-order chi connectivity index (χ1) is 23.9. The van der Waals surface area contributed by atoms with Crippen molar-refractivity contribution in [2.45, 2.75) is 142 Å². The van der Waals surface area contributed by atoms with Gasteiger partial charge in [0.15, 0.2) is 31.9 Å². The van der Waals surface area contributed by atoms with Crippen LogP contribution in [0.1, 0.15) is 86.1 Å². The molecule has 1 aromatic carbocycles. The Morgan fingerprint density at radius 3 is 2.14 bits per heavy atom. The monoisotopic (exact) mass is 740 g/mol. The number of rotatable bonds is 24. The molecular formula is C40H72O10Si. The number of hydrogen-bond donors (Lipinski definition) is 1. The van der Waals surface area contributed by atoms with E-state index in [1.165, 1.54) is 0 Å². The Labute approximate surface area is 310 Å². The Morgan fingerprint density at radius 1 is 0.961 bits per heavy atom. The summed E-state index contributed by atoms with van der Waals surface area (Å²) in [4.78, 5) is 0. The molecule has 1 heterocycles. The summed E-state index contributed by atoms with van der Waals surface area (Å²) in [6.45, 7) is 23.9. The molecule has 1 aliphatic heterocycles. The maximum absolute atomic E-state index is 12.5. The van der Waals surface area contributed by atoms with Gasteiger partial charge in [-0.25, -0.2) is 0 Å². The first kappa shape index (κ1) is 45.6. The lowest BCUT2D eigenvalue weighted by Gasteiger charge is -2.48. The largest absolute Gasteiger partial charge is 0.493 e. The molecule has 51 heavy (non-hydrogen) atoms. The molecule has 1 unspecified atom stereocenters. The molecule has 0 spiro atoms. The van der Waals surface area contributed by atoms with Crippen molar-refractivity contribution in [3.8, 4) is 11.5 Å². The fourth-order valence-corrected chi connectivity index (χ4v) is 8.32. The molecule has 1 aromatic rings. The zero-order valence-electron chi connectivity index (χ0n) is 34.3. The van der Waals surface area contributed by atoms with E-state index in [0.717, 1.165) is 24.8 Å². The number of methoxy groups -OCH3 is 5. The number of hydrogen-bond acceptors (Lipinski definition) is 10. The maximum Gasteiger partial charge on any atom is 0.195 e. The van der Waals surface area contributed by atoms with Crippen molar-refractivity contribution in [3.63, 3.8) is 0 Å². The molecule has 10 atom stereocenters. The molecule has 1 aliphatic rings. The third kappa shape index (κ3) is 12.8. The summed E-state index contributed by atoms with van der Waals surface area (Å²) in [5, 5.41) is 12.4. The van der Waals surface area contributed by atoms with Crippen LogP contribution in [0.3, 0.4) is 0 Å². The van der Waals surface area contributed by atoms with Gasteiger partial charge >= 0.3 is 0 Å². The van der Waals surface area contributed by atoms with Gasteiger partial charge in [-0.15, -0.1) is 6.58 Å². The van der Waals surface area contributed by atoms with Crippen molar-refractivity contribution >= 4 is 8.32 Å². The molecule has 2 rings (SSSR count). The van der Waals surface area contributed by atoms with Gasteiger partial charge in [0.25, 0.3) is 0 Å². The van der Waals surface area contributed by atoms with Crippen LogP contribution >= 0.6 is 0 Å². The molecular weight excluding hydrogens is 669 g/mol. The van der Waals surface area contributed by atoms with E-state index in [0.29, 0.717) is 36.9 Å². The summed E-state index contributed by atoms with van der Waals surface area (Å²) in [5.41, 5.74) is 0.957. The highest BCUT2D eigenvalue weighted by atomic mass is 28.4. The smallest absolute Gasteiger partial charge is 0.195 e. The van der Waals surface area contributed by atoms with Crippen molar-refractivity contribution < 1.29 is 47.4 Å². The van der Waals surface area contributed by atoms with E-state index in [1.54, 1.807) is 35.5 Å². The first-order valence-corrected chi connectivity index (χ1v) is 21.5. The van der Waals surface area contributed by atoms with Gasteiger partial charge in [-0.2, -0.15) is 0 Å². The summed E-state index contributed by atoms with van der Waals surface area (Å²) in [7, 11) is 5.93. The molecule has 1 fully saturated rings. The van der Waals surface area contributed by atoms with E-state index < -0.39 is 14.1 Å². The summed E-state index contributed by atoms with van der Waals surface area (Å²) in [5.74, 6) is 0.0154. The van der Waals surface area contributed by atoms with Crippen LogP contribution in [0.25, 0.3) is 0 Å². The second kappa shape index (κ2) is 20.8. The summed E-state index contributed by atoms with van der Waals surface area (Å²) >= 11 is 0. The average molecular weight is 741 g/mol. The number of ether oxygens (including phenoxy) is 8. The SMILES string of the molecule is C=CC[C@H](OC)[C@@H](C)[C@](O)(C[C@H](OC)[C@@H](C)CC[C@@H](OCOCc1ccc(OC)c(OC)c1)[C@H](C)[C@@H]1OC(OC)C[C@H]1C)O[Si](C)(C)C(C)(C)C. The first-order valence-electron chi connectivity index (χ1n) is 18.6. The van der Waals surface area contributed by atoms with Crippen molar-refractivity contribution in [3.05, 3.63) is 36.4 Å². The molecule has 0 radical (unpaired) electrons. The van der Waals surface area contributed by atoms with Crippen molar-refractivity contribution in [1.82, 2.24) is 0 Å². The second-order valence-corrected chi connectivity index (χ2v) is 20.8. The normalized spacial score (nSPS) is 23.2. The van der Waals surface area contributed by atoms with Crippen molar-refractivity contribution in [1.29, 1.82) is 0 Å². The standard InChI is InChI=1S/C40H72O10Si/c1-16-17-33(42-9)30(5)40(41,50-51(14,15)39(6,7)8)24-36(45-12)27(2)18-20-32(29(4)38-28(3)22-37(46-13)49-38)48-26-47-25-31-19-21-34(43-10)35(23-31)44-11/h16,19,21,23,27-30,32-33,36-38,41H,1,17-18,20,22,24-26H2,2-15H3/t27-,28+,29-,30+,32+,33-,36-,37?,38+,40-/m0/s1. The Morgan fingerprint density at radius 2 is 1.61 bits per heavy atom. The topological polar surface area (TPSA) is 103 Å². The summed E-state index contributed by atoms with van der Waals surface area (Å²) in [6.07, 6.45) is 4.21. The van der Waals surface area contributed by atoms with Crippen molar-refractivity contribution in [2.24, 2.45) is 23.7 Å². The van der Waals surface area contributed by atoms with Gasteiger partial charge < -0.3 is 47.4 Å². The van der Waals surface area contributed by atoms with Crippen LogP contribution < -0.4 is 9.47 Å². The number of aliphatic hydroxyl groups is 1. The molecule has 1 N–H and O–H groups in total. The van der Waals surface area contributed by atoms with E-state index in [4.69, 9.17) is 42.3 Å². The molecule has 10 nitrogen and oxygen atoms in total. The van der Waals surface area contributed by atoms with Gasteiger partial charge in [-0.1, -0.05) is 60.6 Å². The Kier molecular flexibility index (Phi) is 18.6. The average Bonchev–Trinajstić information content (AvgIpc) is 3.47. The van der Waals surface area contributed by atoms with E-state index in [-0.39, 0.29) is 60.3 Å². The minimum Gasteiger partial charge on any atom is -0.493 e. The van der Waals surface area contributed by atoms with Gasteiger partial charge in [-0.05, 0) is 66.9 Å². The maximum atomic E-state index is 12.5. The lowest BCUT2D eigenvalue weighted by atomic mass is 9.82. The van der Waals surface area contributed by atoms with Gasteiger partial charge in [0, 0.05) is 46.0 Å². The minimum absolute atomic E-state index is 0.0147. The Balaban J connectivity index is 2.25. The molecule has 0 amide bonds. The molecule has 296 valence electrons. The van der Waals surface area contributed by atoms with E-state index in [1.807, 2.05) is 31.2 Å². The molecule has 0 saturated carbocycles. The fraction of sp³-hybridized carbons (Fsp3) is 0.800. The molecule has 11 heteroatoms.